The molecule has 0 N–H and O–H groups in total. The molecule has 0 bridgehead atoms. The van der Waals surface area contributed by atoms with Crippen LogP contribution in [0.1, 0.15) is 127 Å². The second kappa shape index (κ2) is 22.3. The zero-order valence-electron chi connectivity index (χ0n) is 25.9. The number of oxazole rings is 2. The van der Waals surface area contributed by atoms with E-state index < -0.39 is 36.5 Å². The van der Waals surface area contributed by atoms with Gasteiger partial charge >= 0.3 is 5.97 Å². The number of hydrogen-bond donors (Lipinski definition) is 0. The van der Waals surface area contributed by atoms with Crippen LogP contribution in [0.5, 0.6) is 0 Å². The summed E-state index contributed by atoms with van der Waals surface area (Å²) in [5.41, 5.74) is 0.0661. The Hall–Kier alpha value is -4.23. The van der Waals surface area contributed by atoms with Gasteiger partial charge in [0.25, 0.3) is 25.9 Å². The van der Waals surface area contributed by atoms with Crippen molar-refractivity contribution in [3.05, 3.63) is 36.2 Å². The van der Waals surface area contributed by atoms with E-state index in [2.05, 4.69) is 16.9 Å². The molecule has 2 aromatic rings. The van der Waals surface area contributed by atoms with E-state index in [1.54, 1.807) is 0 Å². The summed E-state index contributed by atoms with van der Waals surface area (Å²) in [6.45, 7) is 4.15. The summed E-state index contributed by atoms with van der Waals surface area (Å²) in [5, 5.41) is 0. The number of unbranched alkanes of at least 4 members (excludes halogenated alkanes) is 10. The highest BCUT2D eigenvalue weighted by Gasteiger charge is 2.36. The largest absolute Gasteiger partial charge is 0.461 e. The molecule has 0 fully saturated rings. The lowest BCUT2D eigenvalue weighted by atomic mass is 10.0. The van der Waals surface area contributed by atoms with Crippen molar-refractivity contribution in [2.75, 3.05) is 0 Å². The quantitative estimate of drug-likeness (QED) is 0.0511. The summed E-state index contributed by atoms with van der Waals surface area (Å²) in [7, 11) is 0. The van der Waals surface area contributed by atoms with Crippen LogP contribution in [0.15, 0.2) is 27.7 Å². The second-order valence-electron chi connectivity index (χ2n) is 10.5. The summed E-state index contributed by atoms with van der Waals surface area (Å²) < 4.78 is 36.7. The van der Waals surface area contributed by atoms with Crippen molar-refractivity contribution in [1.82, 2.24) is 9.97 Å². The summed E-state index contributed by atoms with van der Waals surface area (Å²) in [5.74, 6) is -0.407. The third-order valence-corrected chi connectivity index (χ3v) is 7.25. The highest BCUT2D eigenvalue weighted by atomic mass is 16.6. The molecule has 0 radical (unpaired) electrons. The Bertz CT molecular complexity index is 1110. The lowest BCUT2D eigenvalue weighted by molar-refractivity contribution is -0.170. The minimum atomic E-state index is -1.24. The summed E-state index contributed by atoms with van der Waals surface area (Å²) >= 11 is 0. The van der Waals surface area contributed by atoms with Gasteiger partial charge in [-0.05, 0) is 13.3 Å². The summed E-state index contributed by atoms with van der Waals surface area (Å²) in [6.07, 6.45) is 10.4. The number of aromatic nitrogens is 2. The van der Waals surface area contributed by atoms with Crippen LogP contribution in [0.25, 0.3) is 0 Å². The molecule has 14 heteroatoms. The van der Waals surface area contributed by atoms with Crippen LogP contribution in [0.4, 0.5) is 0 Å². The number of nitrogens with zero attached hydrogens (tertiary/aromatic N) is 2. The molecule has 45 heavy (non-hydrogen) atoms. The van der Waals surface area contributed by atoms with Crippen molar-refractivity contribution >= 4 is 31.9 Å². The molecule has 0 aliphatic rings. The molecule has 0 amide bonds. The average Bonchev–Trinajstić information content (AvgIpc) is 3.74. The maximum absolute atomic E-state index is 12.7. The van der Waals surface area contributed by atoms with Crippen molar-refractivity contribution in [3.8, 4) is 0 Å². The van der Waals surface area contributed by atoms with Crippen LogP contribution >= 0.6 is 0 Å². The van der Waals surface area contributed by atoms with Crippen LogP contribution < -0.4 is 0 Å². The predicted octanol–water partition coefficient (Wildman–Crippen LogP) is 5.25. The van der Waals surface area contributed by atoms with E-state index in [0.717, 1.165) is 19.3 Å². The van der Waals surface area contributed by atoms with E-state index >= 15 is 0 Å². The van der Waals surface area contributed by atoms with Gasteiger partial charge in [-0.15, -0.1) is 0 Å². The SMILES string of the molecule is CCCCCCCCCCCCCC(=O)OC(c1cnco1)c1nc(C(CC(OC=O)C(OC=O)C(C)OC=O)OC=O)co1. The third-order valence-electron chi connectivity index (χ3n) is 7.25. The standard InChI is InChI=1S/C31H44N2O12/c1-3-4-5-6-7-8-9-10-11-12-13-14-28(38)45-30(27-16-32-18-40-27)31-33-24(17-39-31)25(42-20-35)15-26(43-21-36)29(44-22-37)23(2)41-19-34/h16-23,25-26,29-30H,3-15H2,1-2H3. The van der Waals surface area contributed by atoms with E-state index in [9.17, 15) is 24.0 Å². The van der Waals surface area contributed by atoms with Gasteiger partial charge in [0.05, 0.1) is 6.20 Å². The first-order chi connectivity index (χ1) is 22.0. The zero-order chi connectivity index (χ0) is 32.7. The van der Waals surface area contributed by atoms with Crippen molar-refractivity contribution in [2.24, 2.45) is 0 Å². The molecule has 0 aliphatic carbocycles. The van der Waals surface area contributed by atoms with E-state index in [4.69, 9.17) is 32.5 Å². The topological polar surface area (TPSA) is 184 Å². The van der Waals surface area contributed by atoms with Gasteiger partial charge in [-0.1, -0.05) is 71.1 Å². The average molecular weight is 637 g/mol. The first-order valence-corrected chi connectivity index (χ1v) is 15.4. The number of hydrogen-bond acceptors (Lipinski definition) is 14. The molecule has 250 valence electrons. The van der Waals surface area contributed by atoms with E-state index in [1.165, 1.54) is 70.7 Å². The van der Waals surface area contributed by atoms with Gasteiger partial charge in [0.15, 0.2) is 24.4 Å². The lowest BCUT2D eigenvalue weighted by Crippen LogP contribution is -2.42. The number of carbonyl (C=O) groups is 5. The molecule has 0 saturated heterocycles. The van der Waals surface area contributed by atoms with Crippen LogP contribution in [-0.4, -0.2) is 60.1 Å². The second-order valence-corrected chi connectivity index (χ2v) is 10.5. The molecular formula is C31H44N2O12. The van der Waals surface area contributed by atoms with Gasteiger partial charge in [0.1, 0.15) is 24.2 Å². The van der Waals surface area contributed by atoms with Crippen molar-refractivity contribution < 1.29 is 56.5 Å². The summed E-state index contributed by atoms with van der Waals surface area (Å²) in [4.78, 5) is 65.4. The number of rotatable bonds is 28. The fourth-order valence-corrected chi connectivity index (χ4v) is 4.87. The minimum Gasteiger partial charge on any atom is -0.461 e. The predicted molar refractivity (Wildman–Crippen MR) is 155 cm³/mol. The molecule has 5 atom stereocenters. The minimum absolute atomic E-state index is 0.0661. The lowest BCUT2D eigenvalue weighted by Gasteiger charge is -2.29. The Balaban J connectivity index is 2.02. The number of esters is 1. The number of carbonyl (C=O) groups excluding carboxylic acids is 5. The maximum atomic E-state index is 12.7. The smallest absolute Gasteiger partial charge is 0.307 e. The molecule has 0 aromatic carbocycles. The molecule has 2 rings (SSSR count). The Morgan fingerprint density at radius 2 is 1.44 bits per heavy atom. The monoisotopic (exact) mass is 636 g/mol. The fourth-order valence-electron chi connectivity index (χ4n) is 4.87. The Morgan fingerprint density at radius 1 is 0.822 bits per heavy atom. The molecule has 0 spiro atoms. The van der Waals surface area contributed by atoms with E-state index in [1.807, 2.05) is 0 Å². The van der Waals surface area contributed by atoms with Crippen molar-refractivity contribution in [3.63, 3.8) is 0 Å². The van der Waals surface area contributed by atoms with Gasteiger partial charge in [-0.25, -0.2) is 9.97 Å². The summed E-state index contributed by atoms with van der Waals surface area (Å²) in [6, 6.07) is 0. The Kier molecular flexibility index (Phi) is 18.3. The van der Waals surface area contributed by atoms with Crippen molar-refractivity contribution in [2.45, 2.75) is 128 Å². The van der Waals surface area contributed by atoms with Gasteiger partial charge in [0, 0.05) is 12.8 Å². The molecule has 0 saturated carbocycles. The zero-order valence-corrected chi connectivity index (χ0v) is 25.9. The molecule has 2 heterocycles. The Labute approximate surface area is 262 Å². The van der Waals surface area contributed by atoms with Gasteiger partial charge in [0.2, 0.25) is 12.0 Å². The first kappa shape index (κ1) is 37.0. The van der Waals surface area contributed by atoms with Crippen LogP contribution in [0.3, 0.4) is 0 Å². The molecule has 2 aromatic heterocycles. The first-order valence-electron chi connectivity index (χ1n) is 15.4. The third kappa shape index (κ3) is 13.5. The highest BCUT2D eigenvalue weighted by Crippen LogP contribution is 2.31. The molecule has 14 nitrogen and oxygen atoms in total. The van der Waals surface area contributed by atoms with Gasteiger partial charge in [-0.3, -0.25) is 24.0 Å². The fraction of sp³-hybridized carbons (Fsp3) is 0.645. The van der Waals surface area contributed by atoms with Crippen LogP contribution in [-0.2, 0) is 47.7 Å². The molecular weight excluding hydrogens is 592 g/mol. The van der Waals surface area contributed by atoms with E-state index in [0.29, 0.717) is 6.42 Å². The maximum Gasteiger partial charge on any atom is 0.307 e. The van der Waals surface area contributed by atoms with Crippen LogP contribution in [0, 0.1) is 0 Å². The number of ether oxygens (including phenoxy) is 5. The van der Waals surface area contributed by atoms with Gasteiger partial charge < -0.3 is 32.5 Å². The Morgan fingerprint density at radius 3 is 2.02 bits per heavy atom. The van der Waals surface area contributed by atoms with Crippen molar-refractivity contribution in [1.29, 1.82) is 0 Å². The highest BCUT2D eigenvalue weighted by molar-refractivity contribution is 5.69. The normalized spacial score (nSPS) is 14.3. The van der Waals surface area contributed by atoms with E-state index in [-0.39, 0.29) is 56.1 Å². The molecule has 5 unspecified atom stereocenters. The molecule has 0 aliphatic heterocycles. The van der Waals surface area contributed by atoms with Crippen LogP contribution in [0.2, 0.25) is 0 Å². The van der Waals surface area contributed by atoms with Gasteiger partial charge in [-0.2, -0.15) is 0 Å².